The minimum Gasteiger partial charge on any atom is -0.391 e. The number of anilines is 1. The molecule has 4 heteroatoms. The lowest BCUT2D eigenvalue weighted by atomic mass is 10.2. The summed E-state index contributed by atoms with van der Waals surface area (Å²) in [5.74, 6) is 0. The maximum absolute atomic E-state index is 9.29. The quantitative estimate of drug-likeness (QED) is 0.833. The summed E-state index contributed by atoms with van der Waals surface area (Å²) < 4.78 is 0. The van der Waals surface area contributed by atoms with Gasteiger partial charge in [0, 0.05) is 13.1 Å². The molecule has 0 fully saturated rings. The van der Waals surface area contributed by atoms with Gasteiger partial charge < -0.3 is 10.0 Å². The van der Waals surface area contributed by atoms with E-state index in [0.29, 0.717) is 6.04 Å². The van der Waals surface area contributed by atoms with E-state index in [-0.39, 0.29) is 6.61 Å². The van der Waals surface area contributed by atoms with Gasteiger partial charge in [0.25, 0.3) is 0 Å². The molecule has 1 aromatic heterocycles. The second kappa shape index (κ2) is 6.21. The van der Waals surface area contributed by atoms with E-state index >= 15 is 0 Å². The lowest BCUT2D eigenvalue weighted by Crippen LogP contribution is -2.27. The van der Waals surface area contributed by atoms with E-state index < -0.39 is 0 Å². The first-order chi connectivity index (χ1) is 7.63. The van der Waals surface area contributed by atoms with Crippen molar-refractivity contribution < 1.29 is 5.11 Å². The van der Waals surface area contributed by atoms with E-state index in [9.17, 15) is 5.11 Å². The normalized spacial score (nSPS) is 12.8. The molecule has 1 atom stereocenters. The third kappa shape index (κ3) is 2.95. The van der Waals surface area contributed by atoms with E-state index in [4.69, 9.17) is 0 Å². The first-order valence-electron chi connectivity index (χ1n) is 5.96. The Bertz CT molecular complexity index is 325. The standard InChI is InChI=1S/C12H22N2OS/c1-5-7-10-11(8-15)16-12(13-10)14(4)9(3)6-2/h9,15H,5-8H2,1-4H3. The molecule has 1 unspecified atom stereocenters. The molecule has 3 nitrogen and oxygen atoms in total. The molecule has 0 saturated carbocycles. The Labute approximate surface area is 102 Å². The lowest BCUT2D eigenvalue weighted by molar-refractivity contribution is 0.284. The van der Waals surface area contributed by atoms with Gasteiger partial charge >= 0.3 is 0 Å². The number of thiazole rings is 1. The highest BCUT2D eigenvalue weighted by Crippen LogP contribution is 2.28. The maximum Gasteiger partial charge on any atom is 0.185 e. The highest BCUT2D eigenvalue weighted by molar-refractivity contribution is 7.15. The fourth-order valence-electron chi connectivity index (χ4n) is 1.54. The number of aliphatic hydroxyl groups excluding tert-OH is 1. The zero-order valence-corrected chi connectivity index (χ0v) is 11.5. The Morgan fingerprint density at radius 2 is 2.12 bits per heavy atom. The number of aromatic nitrogens is 1. The van der Waals surface area contributed by atoms with E-state index in [1.807, 2.05) is 0 Å². The minimum atomic E-state index is 0.112. The van der Waals surface area contributed by atoms with Crippen molar-refractivity contribution in [3.05, 3.63) is 10.6 Å². The number of aliphatic hydroxyl groups is 1. The van der Waals surface area contributed by atoms with Crippen molar-refractivity contribution in [2.24, 2.45) is 0 Å². The van der Waals surface area contributed by atoms with E-state index in [2.05, 4.69) is 37.7 Å². The Balaban J connectivity index is 2.89. The van der Waals surface area contributed by atoms with Crippen LogP contribution in [0.4, 0.5) is 5.13 Å². The highest BCUT2D eigenvalue weighted by Gasteiger charge is 2.15. The summed E-state index contributed by atoms with van der Waals surface area (Å²) in [7, 11) is 2.07. The Hall–Kier alpha value is -0.610. The van der Waals surface area contributed by atoms with Gasteiger partial charge in [-0.3, -0.25) is 0 Å². The average molecular weight is 242 g/mol. The fraction of sp³-hybridized carbons (Fsp3) is 0.750. The second-order valence-corrected chi connectivity index (χ2v) is 5.20. The van der Waals surface area contributed by atoms with Gasteiger partial charge in [0.15, 0.2) is 5.13 Å². The molecule has 1 aromatic rings. The molecule has 1 heterocycles. The van der Waals surface area contributed by atoms with Crippen molar-refractivity contribution in [1.29, 1.82) is 0 Å². The fourth-order valence-corrected chi connectivity index (χ4v) is 2.57. The van der Waals surface area contributed by atoms with E-state index in [1.54, 1.807) is 11.3 Å². The minimum absolute atomic E-state index is 0.112. The van der Waals surface area contributed by atoms with Gasteiger partial charge in [-0.15, -0.1) is 0 Å². The number of hydrogen-bond acceptors (Lipinski definition) is 4. The predicted octanol–water partition coefficient (Wildman–Crippen LogP) is 2.82. The molecule has 1 N–H and O–H groups in total. The average Bonchev–Trinajstić information content (AvgIpc) is 2.70. The summed E-state index contributed by atoms with van der Waals surface area (Å²) in [6, 6.07) is 0.493. The van der Waals surface area contributed by atoms with Gasteiger partial charge in [0.1, 0.15) is 0 Å². The smallest absolute Gasteiger partial charge is 0.185 e. The monoisotopic (exact) mass is 242 g/mol. The van der Waals surface area contributed by atoms with Crippen molar-refractivity contribution in [1.82, 2.24) is 4.98 Å². The van der Waals surface area contributed by atoms with Crippen LogP contribution in [0, 0.1) is 0 Å². The van der Waals surface area contributed by atoms with Gasteiger partial charge in [0.2, 0.25) is 0 Å². The number of rotatable bonds is 6. The molecule has 0 spiro atoms. The zero-order chi connectivity index (χ0) is 12.1. The molecular weight excluding hydrogens is 220 g/mol. The summed E-state index contributed by atoms with van der Waals surface area (Å²) in [6.07, 6.45) is 3.14. The van der Waals surface area contributed by atoms with Gasteiger partial charge in [-0.25, -0.2) is 4.98 Å². The summed E-state index contributed by atoms with van der Waals surface area (Å²) in [5, 5.41) is 10.3. The van der Waals surface area contributed by atoms with E-state index in [0.717, 1.165) is 35.0 Å². The van der Waals surface area contributed by atoms with Gasteiger partial charge in [0.05, 0.1) is 17.2 Å². The molecule has 0 aliphatic rings. The topological polar surface area (TPSA) is 36.4 Å². The molecule has 0 saturated heterocycles. The van der Waals surface area contributed by atoms with Crippen molar-refractivity contribution >= 4 is 16.5 Å². The van der Waals surface area contributed by atoms with Crippen molar-refractivity contribution in [2.75, 3.05) is 11.9 Å². The molecule has 0 amide bonds. The molecular formula is C12H22N2OS. The lowest BCUT2D eigenvalue weighted by Gasteiger charge is -2.22. The van der Waals surface area contributed by atoms with Crippen LogP contribution >= 0.6 is 11.3 Å². The van der Waals surface area contributed by atoms with Crippen LogP contribution < -0.4 is 4.90 Å². The molecule has 0 bridgehead atoms. The third-order valence-corrected chi connectivity index (χ3v) is 4.12. The molecule has 0 aliphatic carbocycles. The summed E-state index contributed by atoms with van der Waals surface area (Å²) in [6.45, 7) is 6.62. The highest BCUT2D eigenvalue weighted by atomic mass is 32.1. The van der Waals surface area contributed by atoms with Crippen LogP contribution in [0.15, 0.2) is 0 Å². The molecule has 0 aliphatic heterocycles. The largest absolute Gasteiger partial charge is 0.391 e. The van der Waals surface area contributed by atoms with Crippen LogP contribution in [0.5, 0.6) is 0 Å². The van der Waals surface area contributed by atoms with Crippen molar-refractivity contribution in [3.63, 3.8) is 0 Å². The summed E-state index contributed by atoms with van der Waals surface area (Å²) >= 11 is 1.62. The molecule has 92 valence electrons. The third-order valence-electron chi connectivity index (χ3n) is 2.95. The Morgan fingerprint density at radius 3 is 2.62 bits per heavy atom. The van der Waals surface area contributed by atoms with Gasteiger partial charge in [-0.1, -0.05) is 31.6 Å². The van der Waals surface area contributed by atoms with Crippen LogP contribution in [0.3, 0.4) is 0 Å². The molecule has 0 radical (unpaired) electrons. The second-order valence-electron chi connectivity index (χ2n) is 4.14. The Kier molecular flexibility index (Phi) is 5.22. The number of aryl methyl sites for hydroxylation is 1. The molecule has 0 aromatic carbocycles. The molecule has 1 rings (SSSR count). The van der Waals surface area contributed by atoms with Crippen LogP contribution in [-0.2, 0) is 13.0 Å². The van der Waals surface area contributed by atoms with Crippen molar-refractivity contribution in [2.45, 2.75) is 52.7 Å². The van der Waals surface area contributed by atoms with Crippen LogP contribution in [-0.4, -0.2) is 23.2 Å². The predicted molar refractivity (Wildman–Crippen MR) is 70.2 cm³/mol. The zero-order valence-electron chi connectivity index (χ0n) is 10.7. The number of hydrogen-bond donors (Lipinski definition) is 1. The maximum atomic E-state index is 9.29. The molecule has 16 heavy (non-hydrogen) atoms. The Morgan fingerprint density at radius 1 is 1.44 bits per heavy atom. The van der Waals surface area contributed by atoms with Gasteiger partial charge in [-0.2, -0.15) is 0 Å². The summed E-state index contributed by atoms with van der Waals surface area (Å²) in [5.41, 5.74) is 1.07. The summed E-state index contributed by atoms with van der Waals surface area (Å²) in [4.78, 5) is 7.84. The number of nitrogens with zero attached hydrogens (tertiary/aromatic N) is 2. The van der Waals surface area contributed by atoms with Crippen LogP contribution in [0.2, 0.25) is 0 Å². The van der Waals surface area contributed by atoms with Crippen LogP contribution in [0.1, 0.15) is 44.2 Å². The van der Waals surface area contributed by atoms with Crippen molar-refractivity contribution in [3.8, 4) is 0 Å². The first kappa shape index (κ1) is 13.5. The van der Waals surface area contributed by atoms with Gasteiger partial charge in [-0.05, 0) is 19.8 Å². The SMILES string of the molecule is CCCc1nc(N(C)C(C)CC)sc1CO. The van der Waals surface area contributed by atoms with Crippen LogP contribution in [0.25, 0.3) is 0 Å². The first-order valence-corrected chi connectivity index (χ1v) is 6.77. The van der Waals surface area contributed by atoms with E-state index in [1.165, 1.54) is 0 Å².